The third kappa shape index (κ3) is 6.60. The minimum Gasteiger partial charge on any atom is -0.373 e. The first-order valence-corrected chi connectivity index (χ1v) is 15.2. The summed E-state index contributed by atoms with van der Waals surface area (Å²) in [5, 5.41) is 16.9. The summed E-state index contributed by atoms with van der Waals surface area (Å²) in [7, 11) is 0. The summed E-state index contributed by atoms with van der Waals surface area (Å²) in [4.78, 5) is 22.1. The Morgan fingerprint density at radius 3 is 2.51 bits per heavy atom. The van der Waals surface area contributed by atoms with Gasteiger partial charge in [-0.15, -0.1) is 11.8 Å². The first-order valence-electron chi connectivity index (χ1n) is 14.4. The van der Waals surface area contributed by atoms with E-state index < -0.39 is 12.0 Å². The number of fused-ring (bicyclic) bond motifs is 1. The summed E-state index contributed by atoms with van der Waals surface area (Å²) in [5.41, 5.74) is 3.94. The van der Waals surface area contributed by atoms with Crippen molar-refractivity contribution in [1.29, 1.82) is 0 Å². The number of nitrogens with one attached hydrogen (secondary N) is 2. The summed E-state index contributed by atoms with van der Waals surface area (Å²) in [5.74, 6) is 0.286. The number of benzene rings is 3. The number of pyridine rings is 1. The van der Waals surface area contributed by atoms with Gasteiger partial charge in [0.05, 0.1) is 22.8 Å². The van der Waals surface area contributed by atoms with Crippen molar-refractivity contribution in [2.75, 3.05) is 41.7 Å². The lowest BCUT2D eigenvalue weighted by Crippen LogP contribution is -2.50. The molecule has 4 aromatic rings. The number of carbonyl (C=O) groups excluding carboxylic acids is 1. The van der Waals surface area contributed by atoms with Crippen LogP contribution < -0.4 is 15.5 Å². The van der Waals surface area contributed by atoms with E-state index in [4.69, 9.17) is 0 Å². The maximum absolute atomic E-state index is 13.9. The standard InChI is InChI=1S/C33H33F2N5O2S/c1-21-17-24-18-23(22-5-4-6-25(34)19-22)9-11-29(24)43-31(21)32(41)37-26-10-12-30(36-20-26)39-13-15-40(16-14-39)33(42)38-28-8-3-2-7-27(28)35/h2-12,18-21,31-32,37,41H,13-17H2,1H3,(H,38,42). The zero-order valence-corrected chi connectivity index (χ0v) is 24.5. The molecule has 0 bridgehead atoms. The van der Waals surface area contributed by atoms with Crippen molar-refractivity contribution in [1.82, 2.24) is 9.88 Å². The van der Waals surface area contributed by atoms with Crippen molar-refractivity contribution in [2.45, 2.75) is 29.7 Å². The van der Waals surface area contributed by atoms with Crippen molar-refractivity contribution in [3.63, 3.8) is 0 Å². The van der Waals surface area contributed by atoms with E-state index in [1.54, 1.807) is 47.1 Å². The molecule has 6 rings (SSSR count). The van der Waals surface area contributed by atoms with E-state index in [0.717, 1.165) is 33.9 Å². The van der Waals surface area contributed by atoms with Gasteiger partial charge in [-0.25, -0.2) is 18.6 Å². The van der Waals surface area contributed by atoms with Crippen LogP contribution >= 0.6 is 11.8 Å². The number of hydrogen-bond donors (Lipinski definition) is 3. The number of nitrogens with zero attached hydrogens (tertiary/aromatic N) is 3. The van der Waals surface area contributed by atoms with Crippen molar-refractivity contribution < 1.29 is 18.7 Å². The zero-order chi connectivity index (χ0) is 29.9. The van der Waals surface area contributed by atoms with Gasteiger partial charge >= 0.3 is 6.03 Å². The van der Waals surface area contributed by atoms with E-state index in [-0.39, 0.29) is 28.7 Å². The molecule has 0 radical (unpaired) electrons. The zero-order valence-electron chi connectivity index (χ0n) is 23.7. The molecule has 2 aliphatic heterocycles. The average Bonchev–Trinajstić information content (AvgIpc) is 3.02. The number of rotatable bonds is 6. The molecule has 10 heteroatoms. The molecule has 43 heavy (non-hydrogen) atoms. The number of amides is 2. The molecule has 222 valence electrons. The second kappa shape index (κ2) is 12.6. The van der Waals surface area contributed by atoms with Gasteiger partial charge in [-0.1, -0.05) is 43.3 Å². The van der Waals surface area contributed by atoms with Crippen LogP contribution in [0, 0.1) is 17.6 Å². The number of anilines is 3. The van der Waals surface area contributed by atoms with E-state index in [2.05, 4.69) is 39.6 Å². The molecule has 2 aliphatic rings. The fourth-order valence-electron chi connectivity index (χ4n) is 5.61. The molecule has 3 atom stereocenters. The van der Waals surface area contributed by atoms with Gasteiger partial charge in [0.15, 0.2) is 0 Å². The van der Waals surface area contributed by atoms with Gasteiger partial charge in [0.1, 0.15) is 23.7 Å². The van der Waals surface area contributed by atoms with Crippen LogP contribution in [-0.2, 0) is 6.42 Å². The number of aliphatic hydroxyl groups excluding tert-OH is 1. The SMILES string of the molecule is CC1Cc2cc(-c3cccc(F)c3)ccc2SC1C(O)Nc1ccc(N2CCN(C(=O)Nc3ccccc3F)CC2)nc1. The number of halogens is 2. The van der Waals surface area contributed by atoms with Gasteiger partial charge in [0.25, 0.3) is 0 Å². The lowest BCUT2D eigenvalue weighted by atomic mass is 9.93. The molecule has 1 fully saturated rings. The van der Waals surface area contributed by atoms with E-state index in [0.29, 0.717) is 26.2 Å². The third-order valence-electron chi connectivity index (χ3n) is 7.96. The summed E-state index contributed by atoms with van der Waals surface area (Å²) in [6.07, 6.45) is 1.75. The Hall–Kier alpha value is -4.15. The van der Waals surface area contributed by atoms with E-state index in [1.165, 1.54) is 23.8 Å². The second-order valence-corrected chi connectivity index (χ2v) is 12.2. The second-order valence-electron chi connectivity index (χ2n) is 11.0. The smallest absolute Gasteiger partial charge is 0.322 e. The first-order chi connectivity index (χ1) is 20.8. The Kier molecular flexibility index (Phi) is 8.49. The summed E-state index contributed by atoms with van der Waals surface area (Å²) in [6, 6.07) is 22.4. The van der Waals surface area contributed by atoms with Crippen molar-refractivity contribution >= 4 is 35.0 Å². The van der Waals surface area contributed by atoms with Gasteiger partial charge in [-0.2, -0.15) is 0 Å². The van der Waals surface area contributed by atoms with Crippen LogP contribution in [0.15, 0.2) is 90.0 Å². The topological polar surface area (TPSA) is 80.7 Å². The van der Waals surface area contributed by atoms with Gasteiger partial charge in [0, 0.05) is 31.1 Å². The molecule has 3 unspecified atom stereocenters. The highest BCUT2D eigenvalue weighted by Gasteiger charge is 2.32. The van der Waals surface area contributed by atoms with E-state index >= 15 is 0 Å². The molecule has 0 aliphatic carbocycles. The molecule has 0 spiro atoms. The molecule has 3 N–H and O–H groups in total. The largest absolute Gasteiger partial charge is 0.373 e. The van der Waals surface area contributed by atoms with Gasteiger partial charge in [-0.3, -0.25) is 0 Å². The molecule has 1 saturated heterocycles. The third-order valence-corrected chi connectivity index (χ3v) is 9.61. The van der Waals surface area contributed by atoms with Crippen LogP contribution in [0.2, 0.25) is 0 Å². The van der Waals surface area contributed by atoms with Crippen LogP contribution in [0.4, 0.5) is 30.8 Å². The monoisotopic (exact) mass is 601 g/mol. The molecule has 7 nitrogen and oxygen atoms in total. The Labute approximate surface area is 253 Å². The predicted octanol–water partition coefficient (Wildman–Crippen LogP) is 6.46. The molecule has 3 heterocycles. The normalized spacial score (nSPS) is 19.0. The Balaban J connectivity index is 1.02. The number of aliphatic hydroxyl groups is 1. The summed E-state index contributed by atoms with van der Waals surface area (Å²) >= 11 is 1.66. The maximum Gasteiger partial charge on any atom is 0.322 e. The number of aromatic nitrogens is 1. The van der Waals surface area contributed by atoms with Crippen LogP contribution in [0.1, 0.15) is 12.5 Å². The average molecular weight is 602 g/mol. The molecular formula is C33H33F2N5O2S. The van der Waals surface area contributed by atoms with E-state index in [9.17, 15) is 18.7 Å². The molecule has 0 saturated carbocycles. The quantitative estimate of drug-likeness (QED) is 0.220. The number of urea groups is 1. The van der Waals surface area contributed by atoms with Crippen LogP contribution in [0.25, 0.3) is 11.1 Å². The van der Waals surface area contributed by atoms with Crippen LogP contribution in [0.5, 0.6) is 0 Å². The fraction of sp³-hybridized carbons (Fsp3) is 0.273. The van der Waals surface area contributed by atoms with Crippen LogP contribution in [0.3, 0.4) is 0 Å². The van der Waals surface area contributed by atoms with Crippen molar-refractivity contribution in [3.05, 3.63) is 102 Å². The van der Waals surface area contributed by atoms with E-state index in [1.807, 2.05) is 24.3 Å². The predicted molar refractivity (Wildman–Crippen MR) is 167 cm³/mol. The minimum atomic E-state index is -0.778. The van der Waals surface area contributed by atoms with Crippen LogP contribution in [-0.4, -0.2) is 58.7 Å². The minimum absolute atomic E-state index is 0.0595. The highest BCUT2D eigenvalue weighted by atomic mass is 32.2. The highest BCUT2D eigenvalue weighted by Crippen LogP contribution is 2.41. The number of piperazine rings is 1. The Bertz CT molecular complexity index is 1600. The van der Waals surface area contributed by atoms with Gasteiger partial charge < -0.3 is 25.5 Å². The fourth-order valence-corrected chi connectivity index (χ4v) is 6.87. The Morgan fingerprint density at radius 2 is 1.77 bits per heavy atom. The van der Waals surface area contributed by atoms with Crippen molar-refractivity contribution in [2.24, 2.45) is 5.92 Å². The number of hydrogen-bond acceptors (Lipinski definition) is 6. The van der Waals surface area contributed by atoms with Crippen molar-refractivity contribution in [3.8, 4) is 11.1 Å². The molecule has 2 amide bonds. The van der Waals surface area contributed by atoms with Gasteiger partial charge in [0.2, 0.25) is 0 Å². The number of carbonyl (C=O) groups is 1. The highest BCUT2D eigenvalue weighted by molar-refractivity contribution is 8.00. The van der Waals surface area contributed by atoms with Gasteiger partial charge in [-0.05, 0) is 71.5 Å². The summed E-state index contributed by atoms with van der Waals surface area (Å²) in [6.45, 7) is 4.32. The summed E-state index contributed by atoms with van der Waals surface area (Å²) < 4.78 is 27.6. The molecule has 1 aromatic heterocycles. The maximum atomic E-state index is 13.9. The lowest BCUT2D eigenvalue weighted by Gasteiger charge is -2.35. The first kappa shape index (κ1) is 28.9. The molecular weight excluding hydrogens is 568 g/mol. The number of thioether (sulfide) groups is 1. The molecule has 3 aromatic carbocycles. The number of para-hydroxylation sites is 1. The lowest BCUT2D eigenvalue weighted by molar-refractivity contribution is 0.178. The Morgan fingerprint density at radius 1 is 0.977 bits per heavy atom.